The number of benzene rings is 2. The lowest BCUT2D eigenvalue weighted by atomic mass is 10.0. The highest BCUT2D eigenvalue weighted by Crippen LogP contribution is 2.31. The summed E-state index contributed by atoms with van der Waals surface area (Å²) in [6.07, 6.45) is 8.70. The maximum absolute atomic E-state index is 13.7. The highest BCUT2D eigenvalue weighted by molar-refractivity contribution is 6.01. The molecule has 3 aromatic rings. The van der Waals surface area contributed by atoms with Crippen molar-refractivity contribution in [1.82, 2.24) is 15.6 Å². The molecule has 0 fully saturated rings. The highest BCUT2D eigenvalue weighted by atomic mass is 16.2. The SMILES string of the molecule is C#Cc1cnc2ccccc2c1CN1C(=O)[C@@H](NC(=O)[C@H](C)NC)CCc2ccccc21. The summed E-state index contributed by atoms with van der Waals surface area (Å²) in [6.45, 7) is 2.07. The van der Waals surface area contributed by atoms with Crippen molar-refractivity contribution in [2.24, 2.45) is 0 Å². The van der Waals surface area contributed by atoms with E-state index < -0.39 is 6.04 Å². The lowest BCUT2D eigenvalue weighted by Crippen LogP contribution is -2.52. The number of carbonyl (C=O) groups is 2. The third-order valence-corrected chi connectivity index (χ3v) is 6.05. The van der Waals surface area contributed by atoms with Crippen LogP contribution in [0.3, 0.4) is 0 Å². The van der Waals surface area contributed by atoms with E-state index in [9.17, 15) is 9.59 Å². The second kappa shape index (κ2) is 9.21. The van der Waals surface area contributed by atoms with Gasteiger partial charge in [0.25, 0.3) is 0 Å². The molecule has 0 bridgehead atoms. The molecule has 0 saturated carbocycles. The smallest absolute Gasteiger partial charge is 0.249 e. The summed E-state index contributed by atoms with van der Waals surface area (Å²) < 4.78 is 0. The first kappa shape index (κ1) is 21.5. The average Bonchev–Trinajstić information content (AvgIpc) is 2.95. The summed E-state index contributed by atoms with van der Waals surface area (Å²) in [6, 6.07) is 14.6. The number of fused-ring (bicyclic) bond motifs is 2. The molecule has 0 spiro atoms. The number of rotatable bonds is 5. The molecule has 32 heavy (non-hydrogen) atoms. The van der Waals surface area contributed by atoms with Gasteiger partial charge in [-0.2, -0.15) is 0 Å². The van der Waals surface area contributed by atoms with Crippen molar-refractivity contribution < 1.29 is 9.59 Å². The van der Waals surface area contributed by atoms with E-state index in [-0.39, 0.29) is 17.9 Å². The van der Waals surface area contributed by atoms with Gasteiger partial charge in [0.15, 0.2) is 0 Å². The van der Waals surface area contributed by atoms with Gasteiger partial charge in [0.1, 0.15) is 6.04 Å². The molecule has 6 nitrogen and oxygen atoms in total. The number of aromatic nitrogens is 1. The summed E-state index contributed by atoms with van der Waals surface area (Å²) in [5.41, 5.74) is 4.27. The number of carbonyl (C=O) groups excluding carboxylic acids is 2. The van der Waals surface area contributed by atoms with E-state index in [1.54, 1.807) is 25.1 Å². The van der Waals surface area contributed by atoms with E-state index in [4.69, 9.17) is 6.42 Å². The normalized spacial score (nSPS) is 16.7. The van der Waals surface area contributed by atoms with Crippen molar-refractivity contribution in [2.75, 3.05) is 11.9 Å². The Morgan fingerprint density at radius 3 is 2.78 bits per heavy atom. The van der Waals surface area contributed by atoms with Gasteiger partial charge in [-0.05, 0) is 50.1 Å². The Labute approximate surface area is 188 Å². The number of anilines is 1. The summed E-state index contributed by atoms with van der Waals surface area (Å²) in [5.74, 6) is 2.38. The largest absolute Gasteiger partial charge is 0.343 e. The van der Waals surface area contributed by atoms with Gasteiger partial charge >= 0.3 is 0 Å². The zero-order chi connectivity index (χ0) is 22.7. The summed E-state index contributed by atoms with van der Waals surface area (Å²) >= 11 is 0. The van der Waals surface area contributed by atoms with Crippen LogP contribution in [0.1, 0.15) is 30.0 Å². The Kier molecular flexibility index (Phi) is 6.20. The lowest BCUT2D eigenvalue weighted by molar-refractivity contribution is -0.128. The van der Waals surface area contributed by atoms with Gasteiger partial charge in [-0.25, -0.2) is 0 Å². The molecule has 0 aliphatic carbocycles. The predicted octanol–water partition coefficient (Wildman–Crippen LogP) is 2.79. The molecule has 1 aliphatic heterocycles. The van der Waals surface area contributed by atoms with Crippen molar-refractivity contribution in [1.29, 1.82) is 0 Å². The van der Waals surface area contributed by atoms with Gasteiger partial charge in [-0.1, -0.05) is 42.3 Å². The highest BCUT2D eigenvalue weighted by Gasteiger charge is 2.32. The van der Waals surface area contributed by atoms with Crippen LogP contribution in [0.2, 0.25) is 0 Å². The van der Waals surface area contributed by atoms with Gasteiger partial charge in [0.2, 0.25) is 11.8 Å². The van der Waals surface area contributed by atoms with Crippen molar-refractivity contribution in [3.05, 3.63) is 71.4 Å². The zero-order valence-electron chi connectivity index (χ0n) is 18.3. The number of nitrogens with one attached hydrogen (secondary N) is 2. The van der Waals surface area contributed by atoms with Crippen molar-refractivity contribution in [3.8, 4) is 12.3 Å². The number of likely N-dealkylation sites (N-methyl/N-ethyl adjacent to an activating group) is 1. The minimum Gasteiger partial charge on any atom is -0.343 e. The maximum Gasteiger partial charge on any atom is 0.249 e. The van der Waals surface area contributed by atoms with Gasteiger partial charge < -0.3 is 15.5 Å². The van der Waals surface area contributed by atoms with Crippen LogP contribution in [0, 0.1) is 12.3 Å². The van der Waals surface area contributed by atoms with Crippen molar-refractivity contribution in [3.63, 3.8) is 0 Å². The van der Waals surface area contributed by atoms with Crippen LogP contribution in [0.25, 0.3) is 10.9 Å². The van der Waals surface area contributed by atoms with Crippen LogP contribution in [0.4, 0.5) is 5.69 Å². The molecule has 0 saturated heterocycles. The first-order valence-electron chi connectivity index (χ1n) is 10.7. The molecule has 6 heteroatoms. The third kappa shape index (κ3) is 4.08. The molecule has 0 unspecified atom stereocenters. The number of amides is 2. The number of para-hydroxylation sites is 2. The third-order valence-electron chi connectivity index (χ3n) is 6.05. The first-order valence-corrected chi connectivity index (χ1v) is 10.7. The number of aryl methyl sites for hydroxylation is 1. The molecule has 4 rings (SSSR count). The van der Waals surface area contributed by atoms with Crippen LogP contribution in [0.5, 0.6) is 0 Å². The van der Waals surface area contributed by atoms with E-state index >= 15 is 0 Å². The van der Waals surface area contributed by atoms with Crippen LogP contribution >= 0.6 is 0 Å². The molecule has 2 N–H and O–H groups in total. The Hall–Kier alpha value is -3.69. The number of terminal acetylenes is 1. The summed E-state index contributed by atoms with van der Waals surface area (Å²) in [7, 11) is 1.72. The molecule has 2 amide bonds. The van der Waals surface area contributed by atoms with E-state index in [1.807, 2.05) is 48.5 Å². The molecule has 0 radical (unpaired) electrons. The molecular formula is C26H26N4O2. The van der Waals surface area contributed by atoms with Crippen molar-refractivity contribution in [2.45, 2.75) is 38.4 Å². The van der Waals surface area contributed by atoms with Crippen LogP contribution in [0.15, 0.2) is 54.7 Å². The number of hydrogen-bond acceptors (Lipinski definition) is 4. The summed E-state index contributed by atoms with van der Waals surface area (Å²) in [5, 5.41) is 6.77. The van der Waals surface area contributed by atoms with Crippen LogP contribution in [-0.2, 0) is 22.6 Å². The molecular weight excluding hydrogens is 400 g/mol. The monoisotopic (exact) mass is 426 g/mol. The fourth-order valence-corrected chi connectivity index (χ4v) is 4.09. The molecule has 1 aromatic heterocycles. The predicted molar refractivity (Wildman–Crippen MR) is 126 cm³/mol. The van der Waals surface area contributed by atoms with Gasteiger partial charge in [0.05, 0.1) is 18.1 Å². The Morgan fingerprint density at radius 2 is 2.00 bits per heavy atom. The minimum absolute atomic E-state index is 0.143. The van der Waals surface area contributed by atoms with E-state index in [0.717, 1.165) is 27.7 Å². The number of hydrogen-bond donors (Lipinski definition) is 2. The number of nitrogens with zero attached hydrogens (tertiary/aromatic N) is 2. The Bertz CT molecular complexity index is 1210. The molecule has 1 aliphatic rings. The van der Waals surface area contributed by atoms with E-state index in [2.05, 4.69) is 21.5 Å². The minimum atomic E-state index is -0.618. The van der Waals surface area contributed by atoms with Crippen LogP contribution in [-0.4, -0.2) is 35.9 Å². The molecule has 2 atom stereocenters. The topological polar surface area (TPSA) is 74.3 Å². The summed E-state index contributed by atoms with van der Waals surface area (Å²) in [4.78, 5) is 32.5. The Balaban J connectivity index is 1.77. The number of pyridine rings is 1. The first-order chi connectivity index (χ1) is 15.5. The lowest BCUT2D eigenvalue weighted by Gasteiger charge is -2.28. The van der Waals surface area contributed by atoms with Gasteiger partial charge in [0, 0.05) is 22.8 Å². The fourth-order valence-electron chi connectivity index (χ4n) is 4.09. The average molecular weight is 427 g/mol. The fraction of sp³-hybridized carbons (Fsp3) is 0.269. The van der Waals surface area contributed by atoms with E-state index in [1.165, 1.54) is 0 Å². The second-order valence-corrected chi connectivity index (χ2v) is 7.98. The van der Waals surface area contributed by atoms with Gasteiger partial charge in [-0.15, -0.1) is 6.42 Å². The zero-order valence-corrected chi connectivity index (χ0v) is 18.3. The van der Waals surface area contributed by atoms with Crippen LogP contribution < -0.4 is 15.5 Å². The maximum atomic E-state index is 13.7. The van der Waals surface area contributed by atoms with Gasteiger partial charge in [-0.3, -0.25) is 14.6 Å². The quantitative estimate of drug-likeness (QED) is 0.616. The van der Waals surface area contributed by atoms with Crippen molar-refractivity contribution >= 4 is 28.4 Å². The molecule has 2 aromatic carbocycles. The molecule has 162 valence electrons. The Morgan fingerprint density at radius 1 is 1.25 bits per heavy atom. The van der Waals surface area contributed by atoms with E-state index in [0.29, 0.717) is 24.9 Å². The molecule has 2 heterocycles. The second-order valence-electron chi connectivity index (χ2n) is 7.98. The standard InChI is InChI=1S/C26H26N4O2/c1-4-18-15-28-22-11-7-6-10-20(22)21(18)16-30-24-12-8-5-9-19(24)13-14-23(26(30)32)29-25(31)17(2)27-3/h1,5-12,15,17,23,27H,13-14,16H2,2-3H3,(H,29,31)/t17-,23-/m0/s1.